The number of para-hydroxylation sites is 1. The molecule has 0 unspecified atom stereocenters. The highest BCUT2D eigenvalue weighted by atomic mass is 16.5. The van der Waals surface area contributed by atoms with Crippen molar-refractivity contribution in [3.05, 3.63) is 71.0 Å². The highest BCUT2D eigenvalue weighted by molar-refractivity contribution is 5.94. The van der Waals surface area contributed by atoms with Gasteiger partial charge in [-0.2, -0.15) is 0 Å². The molecule has 7 heteroatoms. The summed E-state index contributed by atoms with van der Waals surface area (Å²) < 4.78 is 5.57. The van der Waals surface area contributed by atoms with E-state index in [4.69, 9.17) is 9.51 Å². The van der Waals surface area contributed by atoms with E-state index in [1.54, 1.807) is 12.4 Å². The fourth-order valence-electron chi connectivity index (χ4n) is 5.95. The van der Waals surface area contributed by atoms with Gasteiger partial charge in [-0.05, 0) is 37.3 Å². The molecule has 3 aromatic heterocycles. The molecule has 0 saturated carbocycles. The lowest BCUT2D eigenvalue weighted by molar-refractivity contribution is 0.0686. The zero-order chi connectivity index (χ0) is 22.0. The topological polar surface area (TPSA) is 102 Å². The third-order valence-corrected chi connectivity index (χ3v) is 7.42. The number of benzene rings is 1. The van der Waals surface area contributed by atoms with E-state index >= 15 is 0 Å². The van der Waals surface area contributed by atoms with Gasteiger partial charge in [0.1, 0.15) is 5.76 Å². The summed E-state index contributed by atoms with van der Waals surface area (Å²) in [6.07, 6.45) is 5.74. The molecule has 0 spiro atoms. The van der Waals surface area contributed by atoms with E-state index in [-0.39, 0.29) is 22.9 Å². The van der Waals surface area contributed by atoms with E-state index in [2.05, 4.69) is 29.0 Å². The highest BCUT2D eigenvalue weighted by Crippen LogP contribution is 2.53. The molecule has 0 radical (unpaired) electrons. The quantitative estimate of drug-likeness (QED) is 0.501. The van der Waals surface area contributed by atoms with Crippen molar-refractivity contribution in [2.24, 2.45) is 5.92 Å². The molecule has 4 aromatic rings. The molecule has 2 aliphatic carbocycles. The standard InChI is InChI=1S/C25H22N4O3/c1-13-18-8-7-17-20(24(30)31)28-23(16-9-10-26-19-6-4-3-5-15(16)19)29-22(17)25(18,2)11-14-12-27-32-21(13)14/h3-6,9-10,12-13,18H,7-8,11H2,1-2H3,(H,30,31)/t13-,18-,25-/m1/s1. The van der Waals surface area contributed by atoms with E-state index in [0.29, 0.717) is 12.2 Å². The zero-order valence-electron chi connectivity index (χ0n) is 17.9. The molecule has 6 rings (SSSR count). The number of carbonyl (C=O) groups is 1. The van der Waals surface area contributed by atoms with Crippen LogP contribution in [0.15, 0.2) is 47.2 Å². The number of carboxylic acid groups (broad SMARTS) is 1. The molecule has 3 atom stereocenters. The summed E-state index contributed by atoms with van der Waals surface area (Å²) in [6, 6.07) is 9.64. The van der Waals surface area contributed by atoms with Gasteiger partial charge in [0, 0.05) is 39.6 Å². The molecular formula is C25H22N4O3. The Balaban J connectivity index is 1.61. The summed E-state index contributed by atoms with van der Waals surface area (Å²) in [4.78, 5) is 26.3. The van der Waals surface area contributed by atoms with Crippen molar-refractivity contribution in [3.8, 4) is 11.4 Å². The van der Waals surface area contributed by atoms with Crippen LogP contribution in [0.25, 0.3) is 22.3 Å². The van der Waals surface area contributed by atoms with Crippen LogP contribution in [0.3, 0.4) is 0 Å². The number of aromatic nitrogens is 4. The van der Waals surface area contributed by atoms with Crippen LogP contribution in [-0.4, -0.2) is 31.2 Å². The minimum atomic E-state index is -1.01. The monoisotopic (exact) mass is 426 g/mol. The van der Waals surface area contributed by atoms with E-state index in [1.165, 1.54) is 0 Å². The Kier molecular flexibility index (Phi) is 4.00. The Morgan fingerprint density at radius 2 is 2.06 bits per heavy atom. The van der Waals surface area contributed by atoms with Gasteiger partial charge >= 0.3 is 5.97 Å². The summed E-state index contributed by atoms with van der Waals surface area (Å²) in [7, 11) is 0. The van der Waals surface area contributed by atoms with Gasteiger partial charge in [-0.15, -0.1) is 0 Å². The molecule has 32 heavy (non-hydrogen) atoms. The second-order valence-electron chi connectivity index (χ2n) is 9.15. The molecule has 2 aliphatic rings. The van der Waals surface area contributed by atoms with E-state index in [9.17, 15) is 9.90 Å². The highest BCUT2D eigenvalue weighted by Gasteiger charge is 2.50. The van der Waals surface area contributed by atoms with Crippen molar-refractivity contribution < 1.29 is 14.4 Å². The first-order valence-electron chi connectivity index (χ1n) is 10.9. The molecule has 0 fully saturated rings. The average Bonchev–Trinajstić information content (AvgIpc) is 3.26. The number of pyridine rings is 1. The first kappa shape index (κ1) is 19.1. The minimum absolute atomic E-state index is 0.106. The molecule has 0 saturated heterocycles. The Bertz CT molecular complexity index is 1390. The van der Waals surface area contributed by atoms with Crippen LogP contribution >= 0.6 is 0 Å². The Morgan fingerprint density at radius 3 is 2.91 bits per heavy atom. The molecule has 0 amide bonds. The third kappa shape index (κ3) is 2.57. The molecule has 160 valence electrons. The van der Waals surface area contributed by atoms with E-state index in [1.807, 2.05) is 30.3 Å². The van der Waals surface area contributed by atoms with Crippen molar-refractivity contribution >= 4 is 16.9 Å². The van der Waals surface area contributed by atoms with Crippen molar-refractivity contribution in [2.45, 2.75) is 44.4 Å². The number of aromatic carboxylic acids is 1. The van der Waals surface area contributed by atoms with Gasteiger partial charge < -0.3 is 9.63 Å². The number of fused-ring (bicyclic) bond motifs is 5. The van der Waals surface area contributed by atoms with Gasteiger partial charge in [0.25, 0.3) is 0 Å². The second kappa shape index (κ2) is 6.69. The van der Waals surface area contributed by atoms with Gasteiger partial charge in [0.05, 0.1) is 17.4 Å². The SMILES string of the molecule is C[C@H]1c2oncc2C[C@@]2(C)c3nc(-c4ccnc5ccccc45)nc(C(=O)O)c3CC[C@H]12. The maximum atomic E-state index is 12.3. The molecule has 7 nitrogen and oxygen atoms in total. The largest absolute Gasteiger partial charge is 0.476 e. The van der Waals surface area contributed by atoms with Crippen LogP contribution in [0.5, 0.6) is 0 Å². The van der Waals surface area contributed by atoms with Gasteiger partial charge in [-0.3, -0.25) is 4.98 Å². The Labute approximate surface area is 184 Å². The molecule has 0 bridgehead atoms. The zero-order valence-corrected chi connectivity index (χ0v) is 17.9. The fraction of sp³-hybridized carbons (Fsp3) is 0.320. The van der Waals surface area contributed by atoms with Crippen LogP contribution in [0.2, 0.25) is 0 Å². The molecule has 1 aromatic carbocycles. The number of rotatable bonds is 2. The summed E-state index contributed by atoms with van der Waals surface area (Å²) >= 11 is 0. The van der Waals surface area contributed by atoms with Gasteiger partial charge in [-0.25, -0.2) is 14.8 Å². The maximum Gasteiger partial charge on any atom is 0.354 e. The number of nitrogens with zero attached hydrogens (tertiary/aromatic N) is 4. The van der Waals surface area contributed by atoms with Crippen molar-refractivity contribution in [2.75, 3.05) is 0 Å². The lowest BCUT2D eigenvalue weighted by atomic mass is 9.56. The van der Waals surface area contributed by atoms with Crippen molar-refractivity contribution in [3.63, 3.8) is 0 Å². The average molecular weight is 426 g/mol. The first-order chi connectivity index (χ1) is 15.5. The van der Waals surface area contributed by atoms with Gasteiger partial charge in [0.2, 0.25) is 0 Å². The van der Waals surface area contributed by atoms with E-state index in [0.717, 1.165) is 51.9 Å². The van der Waals surface area contributed by atoms with Crippen LogP contribution in [0.1, 0.15) is 59.3 Å². The number of carboxylic acids is 1. The number of hydrogen-bond donors (Lipinski definition) is 1. The minimum Gasteiger partial charge on any atom is -0.476 e. The van der Waals surface area contributed by atoms with Crippen molar-refractivity contribution in [1.82, 2.24) is 20.1 Å². The Morgan fingerprint density at radius 1 is 1.22 bits per heavy atom. The van der Waals surface area contributed by atoms with Gasteiger partial charge in [0.15, 0.2) is 11.5 Å². The Hall–Kier alpha value is -3.61. The predicted molar refractivity (Wildman–Crippen MR) is 118 cm³/mol. The normalized spacial score (nSPS) is 23.9. The predicted octanol–water partition coefficient (Wildman–Crippen LogP) is 4.56. The summed E-state index contributed by atoms with van der Waals surface area (Å²) in [5.41, 5.74) is 4.08. The molecule has 1 N–H and O–H groups in total. The second-order valence-corrected chi connectivity index (χ2v) is 9.15. The fourth-order valence-corrected chi connectivity index (χ4v) is 5.95. The molecule has 3 heterocycles. The lowest BCUT2D eigenvalue weighted by Gasteiger charge is -2.47. The van der Waals surface area contributed by atoms with E-state index < -0.39 is 5.97 Å². The molecule has 0 aliphatic heterocycles. The van der Waals surface area contributed by atoms with Crippen LogP contribution in [0, 0.1) is 5.92 Å². The van der Waals surface area contributed by atoms with Crippen LogP contribution in [-0.2, 0) is 18.3 Å². The number of hydrogen-bond acceptors (Lipinski definition) is 6. The van der Waals surface area contributed by atoms with Gasteiger partial charge in [-0.1, -0.05) is 37.2 Å². The summed E-state index contributed by atoms with van der Waals surface area (Å²) in [5.74, 6) is 0.843. The van der Waals surface area contributed by atoms with Crippen molar-refractivity contribution in [1.29, 1.82) is 0 Å². The smallest absolute Gasteiger partial charge is 0.354 e. The summed E-state index contributed by atoms with van der Waals surface area (Å²) in [6.45, 7) is 4.38. The van der Waals surface area contributed by atoms with Crippen LogP contribution in [0.4, 0.5) is 0 Å². The molecular weight excluding hydrogens is 404 g/mol. The third-order valence-electron chi connectivity index (χ3n) is 7.42. The first-order valence-corrected chi connectivity index (χ1v) is 10.9. The maximum absolute atomic E-state index is 12.3. The lowest BCUT2D eigenvalue weighted by Crippen LogP contribution is -2.45. The van der Waals surface area contributed by atoms with Crippen LogP contribution < -0.4 is 0 Å². The summed E-state index contributed by atoms with van der Waals surface area (Å²) in [5, 5.41) is 15.0.